The minimum Gasteiger partial charge on any atom is -0.497 e. The van der Waals surface area contributed by atoms with E-state index >= 15 is 0 Å². The molecule has 5 nitrogen and oxygen atoms in total. The number of carbonyl (C=O) groups excluding carboxylic acids is 1. The molecular formula is C21H23N3O2. The molecule has 0 spiro atoms. The van der Waals surface area contributed by atoms with Gasteiger partial charge in [0.25, 0.3) is 5.91 Å². The van der Waals surface area contributed by atoms with Crippen molar-refractivity contribution in [2.75, 3.05) is 27.7 Å². The molecule has 3 aromatic rings. The molecule has 1 heterocycles. The molecule has 134 valence electrons. The number of amides is 1. The van der Waals surface area contributed by atoms with Gasteiger partial charge >= 0.3 is 0 Å². The van der Waals surface area contributed by atoms with E-state index in [9.17, 15) is 4.79 Å². The summed E-state index contributed by atoms with van der Waals surface area (Å²) in [5.41, 5.74) is 2.40. The van der Waals surface area contributed by atoms with E-state index in [-0.39, 0.29) is 11.9 Å². The summed E-state index contributed by atoms with van der Waals surface area (Å²) in [5, 5.41) is 4.00. The first-order valence-electron chi connectivity index (χ1n) is 8.52. The number of likely N-dealkylation sites (N-methyl/N-ethyl adjacent to an activating group) is 1. The number of hydrogen-bond donors (Lipinski definition) is 1. The fraction of sp³-hybridized carbons (Fsp3) is 0.238. The number of aromatic nitrogens is 1. The maximum Gasteiger partial charge on any atom is 0.253 e. The summed E-state index contributed by atoms with van der Waals surface area (Å²) >= 11 is 0. The molecule has 0 aliphatic rings. The van der Waals surface area contributed by atoms with Crippen LogP contribution < -0.4 is 10.1 Å². The second-order valence-corrected chi connectivity index (χ2v) is 6.35. The fourth-order valence-corrected chi connectivity index (χ4v) is 3.02. The summed E-state index contributed by atoms with van der Waals surface area (Å²) in [6.07, 6.45) is 1.71. The number of ether oxygens (including phenoxy) is 1. The van der Waals surface area contributed by atoms with E-state index in [2.05, 4.69) is 15.2 Å². The predicted molar refractivity (Wildman–Crippen MR) is 103 cm³/mol. The summed E-state index contributed by atoms with van der Waals surface area (Å²) in [6.45, 7) is 0.488. The first-order chi connectivity index (χ1) is 12.6. The Morgan fingerprint density at radius 2 is 1.92 bits per heavy atom. The van der Waals surface area contributed by atoms with Crippen LogP contribution in [0.4, 0.5) is 0 Å². The van der Waals surface area contributed by atoms with Crippen LogP contribution in [0.3, 0.4) is 0 Å². The van der Waals surface area contributed by atoms with Crippen LogP contribution >= 0.6 is 0 Å². The van der Waals surface area contributed by atoms with E-state index in [0.717, 1.165) is 22.2 Å². The van der Waals surface area contributed by atoms with Crippen molar-refractivity contribution in [2.24, 2.45) is 0 Å². The smallest absolute Gasteiger partial charge is 0.253 e. The number of carbonyl (C=O) groups is 1. The average Bonchev–Trinajstić information content (AvgIpc) is 2.67. The van der Waals surface area contributed by atoms with Crippen LogP contribution in [0.25, 0.3) is 10.9 Å². The molecule has 2 aromatic carbocycles. The Bertz CT molecular complexity index is 903. The molecular weight excluding hydrogens is 326 g/mol. The monoisotopic (exact) mass is 349 g/mol. The summed E-state index contributed by atoms with van der Waals surface area (Å²) < 4.78 is 5.31. The Labute approximate surface area is 153 Å². The predicted octanol–water partition coefficient (Wildman–Crippen LogP) is 3.28. The maximum atomic E-state index is 12.7. The van der Waals surface area contributed by atoms with E-state index in [0.29, 0.717) is 12.1 Å². The van der Waals surface area contributed by atoms with Crippen molar-refractivity contribution >= 4 is 16.8 Å². The molecule has 1 atom stereocenters. The first-order valence-corrected chi connectivity index (χ1v) is 8.52. The third kappa shape index (κ3) is 3.83. The van der Waals surface area contributed by atoms with Crippen molar-refractivity contribution in [3.8, 4) is 5.75 Å². The number of para-hydroxylation sites is 1. The van der Waals surface area contributed by atoms with E-state index < -0.39 is 0 Å². The fourth-order valence-electron chi connectivity index (χ4n) is 3.02. The molecule has 0 aliphatic carbocycles. The number of fused-ring (bicyclic) bond motifs is 1. The molecule has 0 radical (unpaired) electrons. The molecule has 1 N–H and O–H groups in total. The second kappa shape index (κ2) is 7.97. The number of nitrogens with zero attached hydrogens (tertiary/aromatic N) is 2. The standard InChI is InChI=1S/C21H23N3O2/c1-24(2)19(16-8-4-10-17(13-16)26-3)14-23-21(25)18-11-5-7-15-9-6-12-22-20(15)18/h4-13,19H,14H2,1-3H3,(H,23,25). The lowest BCUT2D eigenvalue weighted by Crippen LogP contribution is -2.34. The first kappa shape index (κ1) is 17.9. The Hall–Kier alpha value is -2.92. The van der Waals surface area contributed by atoms with E-state index in [1.807, 2.05) is 62.6 Å². The normalized spacial score (nSPS) is 12.2. The summed E-state index contributed by atoms with van der Waals surface area (Å²) in [4.78, 5) is 19.2. The number of methoxy groups -OCH3 is 1. The highest BCUT2D eigenvalue weighted by molar-refractivity contribution is 6.05. The van der Waals surface area contributed by atoms with Crippen LogP contribution in [-0.2, 0) is 0 Å². The van der Waals surface area contributed by atoms with E-state index in [1.165, 1.54) is 0 Å². The van der Waals surface area contributed by atoms with Gasteiger partial charge in [-0.25, -0.2) is 0 Å². The summed E-state index contributed by atoms with van der Waals surface area (Å²) in [5.74, 6) is 0.683. The summed E-state index contributed by atoms with van der Waals surface area (Å²) in [7, 11) is 5.64. The molecule has 1 aromatic heterocycles. The molecule has 0 aliphatic heterocycles. The van der Waals surface area contributed by atoms with Gasteiger partial charge in [-0.1, -0.05) is 30.3 Å². The highest BCUT2D eigenvalue weighted by Crippen LogP contribution is 2.22. The summed E-state index contributed by atoms with van der Waals surface area (Å²) in [6, 6.07) is 17.4. The van der Waals surface area contributed by atoms with Gasteiger partial charge in [0.2, 0.25) is 0 Å². The Balaban J connectivity index is 1.79. The van der Waals surface area contributed by atoms with Crippen molar-refractivity contribution in [3.05, 3.63) is 71.9 Å². The third-order valence-corrected chi connectivity index (χ3v) is 4.44. The lowest BCUT2D eigenvalue weighted by molar-refractivity contribution is 0.0943. The van der Waals surface area contributed by atoms with Crippen LogP contribution in [0, 0.1) is 0 Å². The van der Waals surface area contributed by atoms with E-state index in [1.54, 1.807) is 19.4 Å². The number of rotatable bonds is 6. The topological polar surface area (TPSA) is 54.5 Å². The highest BCUT2D eigenvalue weighted by Gasteiger charge is 2.17. The van der Waals surface area contributed by atoms with Crippen molar-refractivity contribution in [3.63, 3.8) is 0 Å². The molecule has 0 saturated carbocycles. The third-order valence-electron chi connectivity index (χ3n) is 4.44. The van der Waals surface area contributed by atoms with Gasteiger partial charge in [0.15, 0.2) is 0 Å². The van der Waals surface area contributed by atoms with Gasteiger partial charge in [0, 0.05) is 18.1 Å². The van der Waals surface area contributed by atoms with Crippen molar-refractivity contribution in [2.45, 2.75) is 6.04 Å². The molecule has 1 unspecified atom stereocenters. The minimum absolute atomic E-state index is 0.0389. The number of nitrogens with one attached hydrogen (secondary N) is 1. The molecule has 5 heteroatoms. The largest absolute Gasteiger partial charge is 0.497 e. The lowest BCUT2D eigenvalue weighted by atomic mass is 10.0. The Morgan fingerprint density at radius 3 is 2.69 bits per heavy atom. The molecule has 0 saturated heterocycles. The number of benzene rings is 2. The average molecular weight is 349 g/mol. The van der Waals surface area contributed by atoms with Crippen LogP contribution in [0.5, 0.6) is 5.75 Å². The quantitative estimate of drug-likeness (QED) is 0.742. The lowest BCUT2D eigenvalue weighted by Gasteiger charge is -2.25. The van der Waals surface area contributed by atoms with Gasteiger partial charge in [-0.15, -0.1) is 0 Å². The molecule has 0 fully saturated rings. The van der Waals surface area contributed by atoms with Crippen molar-refractivity contribution in [1.29, 1.82) is 0 Å². The van der Waals surface area contributed by atoms with Gasteiger partial charge in [-0.3, -0.25) is 9.78 Å². The van der Waals surface area contributed by atoms with Gasteiger partial charge in [-0.05, 0) is 43.9 Å². The van der Waals surface area contributed by atoms with Gasteiger partial charge in [0.05, 0.1) is 24.2 Å². The Kier molecular flexibility index (Phi) is 5.49. The zero-order valence-electron chi connectivity index (χ0n) is 15.3. The maximum absolute atomic E-state index is 12.7. The van der Waals surface area contributed by atoms with Crippen LogP contribution in [0.15, 0.2) is 60.8 Å². The molecule has 0 bridgehead atoms. The van der Waals surface area contributed by atoms with Crippen LogP contribution in [0.1, 0.15) is 22.0 Å². The molecule has 26 heavy (non-hydrogen) atoms. The minimum atomic E-state index is -0.121. The zero-order chi connectivity index (χ0) is 18.5. The Morgan fingerprint density at radius 1 is 1.15 bits per heavy atom. The molecule has 3 rings (SSSR count). The van der Waals surface area contributed by atoms with Gasteiger partial charge in [-0.2, -0.15) is 0 Å². The van der Waals surface area contributed by atoms with Gasteiger partial charge in [0.1, 0.15) is 5.75 Å². The SMILES string of the molecule is COc1cccc(C(CNC(=O)c2cccc3cccnc23)N(C)C)c1. The second-order valence-electron chi connectivity index (χ2n) is 6.35. The number of pyridine rings is 1. The van der Waals surface area contributed by atoms with Gasteiger partial charge < -0.3 is 15.0 Å². The van der Waals surface area contributed by atoms with Crippen molar-refractivity contribution in [1.82, 2.24) is 15.2 Å². The zero-order valence-corrected chi connectivity index (χ0v) is 15.3. The number of hydrogen-bond acceptors (Lipinski definition) is 4. The van der Waals surface area contributed by atoms with Crippen LogP contribution in [-0.4, -0.2) is 43.5 Å². The van der Waals surface area contributed by atoms with Crippen LogP contribution in [0.2, 0.25) is 0 Å². The van der Waals surface area contributed by atoms with Crippen molar-refractivity contribution < 1.29 is 9.53 Å². The molecule has 1 amide bonds. The van der Waals surface area contributed by atoms with E-state index in [4.69, 9.17) is 4.74 Å². The highest BCUT2D eigenvalue weighted by atomic mass is 16.5.